The monoisotopic (exact) mass is 417 g/mol. The molecular formula is C21H28ClN5O2. The van der Waals surface area contributed by atoms with Gasteiger partial charge in [-0.05, 0) is 37.1 Å². The molecule has 2 N–H and O–H groups in total. The zero-order valence-corrected chi connectivity index (χ0v) is 17.9. The van der Waals surface area contributed by atoms with Gasteiger partial charge in [0, 0.05) is 43.0 Å². The van der Waals surface area contributed by atoms with E-state index in [-0.39, 0.29) is 6.04 Å². The van der Waals surface area contributed by atoms with E-state index >= 15 is 0 Å². The third-order valence-corrected chi connectivity index (χ3v) is 5.02. The maximum Gasteiger partial charge on any atom is 0.212 e. The Labute approximate surface area is 177 Å². The second-order valence-corrected chi connectivity index (χ2v) is 7.23. The first-order chi connectivity index (χ1) is 14.1. The van der Waals surface area contributed by atoms with E-state index in [1.54, 1.807) is 20.4 Å². The summed E-state index contributed by atoms with van der Waals surface area (Å²) in [6, 6.07) is 9.82. The molecule has 1 saturated heterocycles. The van der Waals surface area contributed by atoms with Crippen LogP contribution in [0.15, 0.2) is 41.5 Å². The number of benzene rings is 1. The number of nitrogens with one attached hydrogen (secondary N) is 2. The molecule has 1 atom stereocenters. The number of rotatable bonds is 7. The van der Waals surface area contributed by atoms with Gasteiger partial charge in [-0.1, -0.05) is 17.7 Å². The van der Waals surface area contributed by atoms with Gasteiger partial charge in [-0.2, -0.15) is 0 Å². The summed E-state index contributed by atoms with van der Waals surface area (Å²) in [5.41, 5.74) is 2.05. The van der Waals surface area contributed by atoms with Crippen LogP contribution in [0.25, 0.3) is 0 Å². The van der Waals surface area contributed by atoms with Crippen molar-refractivity contribution in [3.8, 4) is 11.6 Å². The van der Waals surface area contributed by atoms with Gasteiger partial charge >= 0.3 is 0 Å². The number of hydrogen-bond donors (Lipinski definition) is 2. The minimum atomic E-state index is 0.283. The maximum absolute atomic E-state index is 6.19. The predicted molar refractivity (Wildman–Crippen MR) is 117 cm³/mol. The number of nitrogens with zero attached hydrogens (tertiary/aromatic N) is 3. The summed E-state index contributed by atoms with van der Waals surface area (Å²) in [5.74, 6) is 2.24. The van der Waals surface area contributed by atoms with Gasteiger partial charge in [0.1, 0.15) is 5.75 Å². The van der Waals surface area contributed by atoms with Crippen LogP contribution < -0.4 is 25.0 Å². The van der Waals surface area contributed by atoms with Crippen LogP contribution in [0.1, 0.15) is 18.9 Å². The topological polar surface area (TPSA) is 71.0 Å². The second kappa shape index (κ2) is 10.2. The largest absolute Gasteiger partial charge is 0.495 e. The summed E-state index contributed by atoms with van der Waals surface area (Å²) >= 11 is 6.19. The summed E-state index contributed by atoms with van der Waals surface area (Å²) < 4.78 is 10.6. The van der Waals surface area contributed by atoms with E-state index in [4.69, 9.17) is 26.1 Å². The lowest BCUT2D eigenvalue weighted by Gasteiger charge is -2.22. The molecule has 1 aliphatic rings. The zero-order valence-electron chi connectivity index (χ0n) is 17.1. The highest BCUT2D eigenvalue weighted by atomic mass is 35.5. The quantitative estimate of drug-likeness (QED) is 0.533. The molecule has 1 aliphatic heterocycles. The Morgan fingerprint density at radius 1 is 1.28 bits per heavy atom. The molecule has 0 spiro atoms. The van der Waals surface area contributed by atoms with Crippen LogP contribution in [0.2, 0.25) is 5.02 Å². The number of ether oxygens (including phenoxy) is 2. The average Bonchev–Trinajstić information content (AvgIpc) is 3.21. The number of hydrogen-bond acceptors (Lipinski definition) is 5. The molecule has 7 nitrogen and oxygen atoms in total. The van der Waals surface area contributed by atoms with Gasteiger partial charge in [0.15, 0.2) is 5.96 Å². The summed E-state index contributed by atoms with van der Waals surface area (Å²) in [7, 11) is 3.29. The Bertz CT molecular complexity index is 828. The lowest BCUT2D eigenvalue weighted by molar-refractivity contribution is 0.397. The molecule has 156 valence electrons. The molecule has 3 rings (SSSR count). The Kier molecular flexibility index (Phi) is 7.41. The van der Waals surface area contributed by atoms with Crippen molar-refractivity contribution in [2.24, 2.45) is 4.99 Å². The normalized spacial score (nSPS) is 16.6. The van der Waals surface area contributed by atoms with Gasteiger partial charge in [-0.3, -0.25) is 0 Å². The lowest BCUT2D eigenvalue weighted by Crippen LogP contribution is -2.44. The predicted octanol–water partition coefficient (Wildman–Crippen LogP) is 3.09. The lowest BCUT2D eigenvalue weighted by atomic mass is 10.2. The van der Waals surface area contributed by atoms with Crippen LogP contribution in [0.3, 0.4) is 0 Å². The van der Waals surface area contributed by atoms with Crippen molar-refractivity contribution in [1.29, 1.82) is 0 Å². The third-order valence-electron chi connectivity index (χ3n) is 4.78. The molecule has 2 aromatic rings. The zero-order chi connectivity index (χ0) is 20.6. The Morgan fingerprint density at radius 3 is 2.83 bits per heavy atom. The molecule has 1 aromatic heterocycles. The fourth-order valence-corrected chi connectivity index (χ4v) is 3.48. The van der Waals surface area contributed by atoms with E-state index in [2.05, 4.69) is 27.4 Å². The first-order valence-corrected chi connectivity index (χ1v) is 10.1. The number of anilines is 1. The van der Waals surface area contributed by atoms with Crippen molar-refractivity contribution in [2.75, 3.05) is 38.8 Å². The summed E-state index contributed by atoms with van der Waals surface area (Å²) in [6.45, 7) is 5.18. The number of guanidine groups is 1. The Balaban J connectivity index is 1.63. The average molecular weight is 418 g/mol. The number of halogens is 1. The first kappa shape index (κ1) is 21.0. The molecule has 2 heterocycles. The van der Waals surface area contributed by atoms with E-state index in [1.807, 2.05) is 30.3 Å². The summed E-state index contributed by atoms with van der Waals surface area (Å²) in [6.07, 6.45) is 2.79. The minimum Gasteiger partial charge on any atom is -0.495 e. The van der Waals surface area contributed by atoms with E-state index in [1.165, 1.54) is 0 Å². The molecule has 0 saturated carbocycles. The highest BCUT2D eigenvalue weighted by molar-refractivity contribution is 6.30. The summed E-state index contributed by atoms with van der Waals surface area (Å²) in [5, 5.41) is 7.57. The Hall–Kier alpha value is -2.67. The number of pyridine rings is 1. The van der Waals surface area contributed by atoms with Gasteiger partial charge < -0.3 is 25.0 Å². The first-order valence-electron chi connectivity index (χ1n) is 9.75. The van der Waals surface area contributed by atoms with E-state index < -0.39 is 0 Å². The number of aliphatic imine (C=N–C) groups is 1. The SMILES string of the molecule is CCNC(=NCc1ccc(OC)nc1)NC1CCN(c2cc(Cl)ccc2OC)C1. The van der Waals surface area contributed by atoms with Crippen molar-refractivity contribution in [3.05, 3.63) is 47.1 Å². The molecule has 1 fully saturated rings. The molecular weight excluding hydrogens is 390 g/mol. The van der Waals surface area contributed by atoms with E-state index in [0.717, 1.165) is 49.0 Å². The van der Waals surface area contributed by atoms with Gasteiger partial charge in [0.2, 0.25) is 5.88 Å². The van der Waals surface area contributed by atoms with Crippen LogP contribution in [0.4, 0.5) is 5.69 Å². The Morgan fingerprint density at radius 2 is 2.14 bits per heavy atom. The molecule has 0 aliphatic carbocycles. The van der Waals surface area contributed by atoms with Gasteiger partial charge in [-0.25, -0.2) is 9.98 Å². The van der Waals surface area contributed by atoms with Crippen LogP contribution in [-0.4, -0.2) is 50.8 Å². The fourth-order valence-electron chi connectivity index (χ4n) is 3.32. The summed E-state index contributed by atoms with van der Waals surface area (Å²) in [4.78, 5) is 11.2. The standard InChI is InChI=1S/C21H28ClN5O2/c1-4-23-21(25-13-15-5-8-20(29-3)24-12-15)26-17-9-10-27(14-17)18-11-16(22)6-7-19(18)28-2/h5-8,11-12,17H,4,9-10,13-14H2,1-3H3,(H2,23,25,26). The molecule has 1 unspecified atom stereocenters. The smallest absolute Gasteiger partial charge is 0.212 e. The molecule has 0 radical (unpaired) electrons. The second-order valence-electron chi connectivity index (χ2n) is 6.80. The minimum absolute atomic E-state index is 0.283. The van der Waals surface area contributed by atoms with Crippen LogP contribution in [0.5, 0.6) is 11.6 Å². The van der Waals surface area contributed by atoms with Crippen molar-refractivity contribution in [3.63, 3.8) is 0 Å². The van der Waals surface area contributed by atoms with Crippen molar-refractivity contribution in [2.45, 2.75) is 25.9 Å². The third kappa shape index (κ3) is 5.67. The number of methoxy groups -OCH3 is 2. The molecule has 29 heavy (non-hydrogen) atoms. The van der Waals surface area contributed by atoms with E-state index in [9.17, 15) is 0 Å². The maximum atomic E-state index is 6.19. The van der Waals surface area contributed by atoms with Gasteiger partial charge in [0.25, 0.3) is 0 Å². The molecule has 0 bridgehead atoms. The van der Waals surface area contributed by atoms with Gasteiger partial charge in [0.05, 0.1) is 26.5 Å². The molecule has 8 heteroatoms. The van der Waals surface area contributed by atoms with Crippen LogP contribution in [-0.2, 0) is 6.54 Å². The highest BCUT2D eigenvalue weighted by Crippen LogP contribution is 2.33. The van der Waals surface area contributed by atoms with Crippen LogP contribution in [0, 0.1) is 0 Å². The number of aromatic nitrogens is 1. The van der Waals surface area contributed by atoms with E-state index in [0.29, 0.717) is 17.4 Å². The van der Waals surface area contributed by atoms with Crippen LogP contribution >= 0.6 is 11.6 Å². The van der Waals surface area contributed by atoms with Crippen molar-refractivity contribution < 1.29 is 9.47 Å². The fraction of sp³-hybridized carbons (Fsp3) is 0.429. The molecule has 0 amide bonds. The molecule has 1 aromatic carbocycles. The van der Waals surface area contributed by atoms with Gasteiger partial charge in [-0.15, -0.1) is 0 Å². The van der Waals surface area contributed by atoms with Crippen molar-refractivity contribution in [1.82, 2.24) is 15.6 Å². The highest BCUT2D eigenvalue weighted by Gasteiger charge is 2.25. The van der Waals surface area contributed by atoms with Crippen molar-refractivity contribution >= 4 is 23.2 Å².